The van der Waals surface area contributed by atoms with Gasteiger partial charge in [0.15, 0.2) is 5.16 Å². The summed E-state index contributed by atoms with van der Waals surface area (Å²) < 4.78 is 0. The van der Waals surface area contributed by atoms with E-state index in [9.17, 15) is 5.11 Å². The molecule has 0 fully saturated rings. The number of aryl methyl sites for hydroxylation is 1. The topological polar surface area (TPSA) is 72.0 Å². The van der Waals surface area contributed by atoms with Gasteiger partial charge in [0.1, 0.15) is 5.82 Å². The Morgan fingerprint density at radius 3 is 2.42 bits per heavy atom. The van der Waals surface area contributed by atoms with Gasteiger partial charge in [0.2, 0.25) is 0 Å². The molecule has 3 aromatic rings. The summed E-state index contributed by atoms with van der Waals surface area (Å²) in [5.74, 6) is 0.906. The van der Waals surface area contributed by atoms with Crippen molar-refractivity contribution in [2.45, 2.75) is 24.6 Å². The highest BCUT2D eigenvalue weighted by molar-refractivity contribution is 7.99. The lowest BCUT2D eigenvalue weighted by molar-refractivity contribution is 0.204. The molecule has 3 N–H and O–H groups in total. The number of halogens is 1. The number of nitrogens with two attached hydrogens (primary N) is 1. The smallest absolute Gasteiger partial charge is 0.189 e. The number of rotatable bonds is 6. The van der Waals surface area contributed by atoms with Crippen molar-refractivity contribution in [1.82, 2.24) is 9.97 Å². The molecule has 0 unspecified atom stereocenters. The van der Waals surface area contributed by atoms with Gasteiger partial charge in [-0.2, -0.15) is 0 Å². The van der Waals surface area contributed by atoms with Crippen LogP contribution >= 0.6 is 23.4 Å². The molecule has 0 bridgehead atoms. The lowest BCUT2D eigenvalue weighted by Crippen LogP contribution is -2.06. The summed E-state index contributed by atoms with van der Waals surface area (Å²) in [6.45, 7) is 2.04. The van der Waals surface area contributed by atoms with Crippen molar-refractivity contribution in [2.75, 3.05) is 11.5 Å². The van der Waals surface area contributed by atoms with Crippen LogP contribution in [0.2, 0.25) is 5.02 Å². The minimum absolute atomic E-state index is 0.441. The van der Waals surface area contributed by atoms with Crippen LogP contribution in [0.15, 0.2) is 59.8 Å². The van der Waals surface area contributed by atoms with Crippen LogP contribution in [-0.4, -0.2) is 20.8 Å². The number of nitrogens with zero attached hydrogens (tertiary/aromatic N) is 2. The van der Waals surface area contributed by atoms with Crippen LogP contribution in [0.4, 0.5) is 5.82 Å². The summed E-state index contributed by atoms with van der Waals surface area (Å²) in [5.41, 5.74) is 9.78. The molecular weight excluding hydrogens is 366 g/mol. The maximum atomic E-state index is 10.3. The Labute approximate surface area is 162 Å². The van der Waals surface area contributed by atoms with Gasteiger partial charge < -0.3 is 10.8 Å². The molecule has 0 aliphatic heterocycles. The van der Waals surface area contributed by atoms with E-state index in [0.29, 0.717) is 21.7 Å². The zero-order chi connectivity index (χ0) is 18.5. The molecule has 0 saturated carbocycles. The number of aliphatic hydroxyl groups excluding tert-OH is 1. The Kier molecular flexibility index (Phi) is 6.14. The molecule has 0 spiro atoms. The van der Waals surface area contributed by atoms with Crippen molar-refractivity contribution >= 4 is 29.2 Å². The van der Waals surface area contributed by atoms with E-state index in [1.807, 2.05) is 61.5 Å². The zero-order valence-corrected chi connectivity index (χ0v) is 16.0. The van der Waals surface area contributed by atoms with Crippen LogP contribution in [0.5, 0.6) is 0 Å². The molecule has 1 atom stereocenters. The molecule has 0 aliphatic rings. The number of anilines is 1. The Morgan fingerprint density at radius 1 is 1.08 bits per heavy atom. The van der Waals surface area contributed by atoms with Gasteiger partial charge in [0, 0.05) is 16.3 Å². The normalized spacial score (nSPS) is 12.1. The van der Waals surface area contributed by atoms with Gasteiger partial charge in [-0.05, 0) is 29.7 Å². The molecule has 1 aromatic heterocycles. The van der Waals surface area contributed by atoms with Crippen molar-refractivity contribution < 1.29 is 5.11 Å². The van der Waals surface area contributed by atoms with Gasteiger partial charge in [0.05, 0.1) is 11.8 Å². The third-order valence-electron chi connectivity index (χ3n) is 4.01. The van der Waals surface area contributed by atoms with E-state index in [4.69, 9.17) is 17.3 Å². The molecule has 2 aromatic carbocycles. The monoisotopic (exact) mass is 385 g/mol. The minimum atomic E-state index is -0.577. The predicted molar refractivity (Wildman–Crippen MR) is 108 cm³/mol. The molecule has 4 nitrogen and oxygen atoms in total. The fourth-order valence-corrected chi connectivity index (χ4v) is 3.64. The fraction of sp³-hybridized carbons (Fsp3) is 0.200. The number of aromatic nitrogens is 2. The Balaban J connectivity index is 1.81. The molecule has 0 radical (unpaired) electrons. The van der Waals surface area contributed by atoms with E-state index >= 15 is 0 Å². The van der Waals surface area contributed by atoms with Crippen molar-refractivity contribution in [1.29, 1.82) is 0 Å². The SMILES string of the molecule is CCc1nc(SC[C@H](O)c2ccccc2)nc(N)c1-c1ccc(Cl)cc1. The van der Waals surface area contributed by atoms with Crippen LogP contribution in [0.3, 0.4) is 0 Å². The standard InChI is InChI=1S/C20H20ClN3OS/c1-2-16-18(14-8-10-15(21)11-9-14)19(22)24-20(23-16)26-12-17(25)13-6-4-3-5-7-13/h3-11,17,25H,2,12H2,1H3,(H2,22,23,24)/t17-/m0/s1. The number of nitrogen functional groups attached to an aromatic ring is 1. The molecule has 1 heterocycles. The molecule has 0 aliphatic carbocycles. The molecule has 26 heavy (non-hydrogen) atoms. The second kappa shape index (κ2) is 8.54. The highest BCUT2D eigenvalue weighted by Crippen LogP contribution is 2.32. The van der Waals surface area contributed by atoms with Crippen molar-refractivity contribution in [3.63, 3.8) is 0 Å². The van der Waals surface area contributed by atoms with E-state index in [1.54, 1.807) is 0 Å². The highest BCUT2D eigenvalue weighted by atomic mass is 35.5. The van der Waals surface area contributed by atoms with E-state index < -0.39 is 6.10 Å². The summed E-state index contributed by atoms with van der Waals surface area (Å²) in [5, 5.41) is 11.6. The summed E-state index contributed by atoms with van der Waals surface area (Å²) in [6.07, 6.45) is 0.159. The largest absolute Gasteiger partial charge is 0.388 e. The first-order valence-corrected chi connectivity index (χ1v) is 9.73. The average Bonchev–Trinajstić information content (AvgIpc) is 2.67. The van der Waals surface area contributed by atoms with Crippen molar-refractivity contribution in [2.24, 2.45) is 0 Å². The summed E-state index contributed by atoms with van der Waals surface area (Å²) in [4.78, 5) is 9.08. The van der Waals surface area contributed by atoms with Gasteiger partial charge >= 0.3 is 0 Å². The Bertz CT molecular complexity index is 872. The number of hydrogen-bond donors (Lipinski definition) is 2. The van der Waals surface area contributed by atoms with Crippen LogP contribution in [0.25, 0.3) is 11.1 Å². The second-order valence-corrected chi connectivity index (χ2v) is 7.23. The predicted octanol–water partition coefficient (Wildman–Crippen LogP) is 4.77. The first-order valence-electron chi connectivity index (χ1n) is 8.36. The molecule has 134 valence electrons. The molecular formula is C20H20ClN3OS. The summed E-state index contributed by atoms with van der Waals surface area (Å²) >= 11 is 7.37. The average molecular weight is 386 g/mol. The Hall–Kier alpha value is -2.08. The summed E-state index contributed by atoms with van der Waals surface area (Å²) in [7, 11) is 0. The first kappa shape index (κ1) is 18.7. The number of benzene rings is 2. The number of aliphatic hydroxyl groups is 1. The lowest BCUT2D eigenvalue weighted by Gasteiger charge is -2.14. The second-order valence-electron chi connectivity index (χ2n) is 5.81. The highest BCUT2D eigenvalue weighted by Gasteiger charge is 2.15. The Morgan fingerprint density at radius 2 is 1.77 bits per heavy atom. The molecule has 0 saturated heterocycles. The third kappa shape index (κ3) is 4.36. The van der Waals surface area contributed by atoms with Crippen molar-refractivity contribution in [3.05, 3.63) is 70.9 Å². The first-order chi connectivity index (χ1) is 12.6. The van der Waals surface area contributed by atoms with E-state index in [1.165, 1.54) is 11.8 Å². The maximum Gasteiger partial charge on any atom is 0.189 e. The summed E-state index contributed by atoms with van der Waals surface area (Å²) in [6, 6.07) is 17.1. The van der Waals surface area contributed by atoms with Crippen LogP contribution in [0.1, 0.15) is 24.3 Å². The van der Waals surface area contributed by atoms with Gasteiger partial charge in [-0.25, -0.2) is 9.97 Å². The van der Waals surface area contributed by atoms with E-state index in [-0.39, 0.29) is 0 Å². The maximum absolute atomic E-state index is 10.3. The fourth-order valence-electron chi connectivity index (χ4n) is 2.68. The van der Waals surface area contributed by atoms with Gasteiger partial charge in [-0.15, -0.1) is 0 Å². The quantitative estimate of drug-likeness (QED) is 0.472. The van der Waals surface area contributed by atoms with Crippen LogP contribution in [-0.2, 0) is 6.42 Å². The van der Waals surface area contributed by atoms with E-state index in [0.717, 1.165) is 28.8 Å². The van der Waals surface area contributed by atoms with Crippen molar-refractivity contribution in [3.8, 4) is 11.1 Å². The van der Waals surface area contributed by atoms with Gasteiger partial charge in [0.25, 0.3) is 0 Å². The van der Waals surface area contributed by atoms with Crippen LogP contribution in [0, 0.1) is 0 Å². The van der Waals surface area contributed by atoms with Gasteiger partial charge in [-0.1, -0.05) is 72.8 Å². The van der Waals surface area contributed by atoms with Crippen LogP contribution < -0.4 is 5.73 Å². The third-order valence-corrected chi connectivity index (χ3v) is 5.19. The van der Waals surface area contributed by atoms with Gasteiger partial charge in [-0.3, -0.25) is 0 Å². The zero-order valence-electron chi connectivity index (χ0n) is 14.4. The number of hydrogen-bond acceptors (Lipinski definition) is 5. The molecule has 0 amide bonds. The van der Waals surface area contributed by atoms with E-state index in [2.05, 4.69) is 9.97 Å². The minimum Gasteiger partial charge on any atom is -0.388 e. The number of thioether (sulfide) groups is 1. The molecule has 6 heteroatoms. The lowest BCUT2D eigenvalue weighted by atomic mass is 10.0. The molecule has 3 rings (SSSR count).